The maximum atomic E-state index is 12.3. The molecule has 7 nitrogen and oxygen atoms in total. The van der Waals surface area contributed by atoms with Crippen molar-refractivity contribution in [3.8, 4) is 5.75 Å². The summed E-state index contributed by atoms with van der Waals surface area (Å²) < 4.78 is 0. The van der Waals surface area contributed by atoms with Crippen LogP contribution in [0.5, 0.6) is 5.75 Å². The minimum absolute atomic E-state index is 0.0175. The summed E-state index contributed by atoms with van der Waals surface area (Å²) in [5.74, 6) is -0.0972. The lowest BCUT2D eigenvalue weighted by atomic mass is 10.2. The van der Waals surface area contributed by atoms with Crippen LogP contribution in [0.25, 0.3) is 0 Å². The van der Waals surface area contributed by atoms with Crippen molar-refractivity contribution in [1.29, 1.82) is 0 Å². The molecule has 0 aliphatic carbocycles. The third-order valence-corrected chi connectivity index (χ3v) is 3.49. The number of rotatable bonds is 3. The van der Waals surface area contributed by atoms with Gasteiger partial charge in [0.1, 0.15) is 5.75 Å². The van der Waals surface area contributed by atoms with E-state index in [2.05, 4.69) is 4.98 Å². The molecule has 1 saturated heterocycles. The molecule has 1 aromatic heterocycles. The van der Waals surface area contributed by atoms with Gasteiger partial charge in [-0.15, -0.1) is 0 Å². The van der Waals surface area contributed by atoms with Crippen LogP contribution in [0.4, 0.5) is 0 Å². The van der Waals surface area contributed by atoms with E-state index in [4.69, 9.17) is 0 Å². The Hall–Kier alpha value is -2.15. The lowest BCUT2D eigenvalue weighted by molar-refractivity contribution is -0.130. The lowest BCUT2D eigenvalue weighted by Crippen LogP contribution is -2.51. The number of aromatic nitrogens is 1. The summed E-state index contributed by atoms with van der Waals surface area (Å²) >= 11 is 0. The maximum Gasteiger partial charge on any atom is 0.255 e. The summed E-state index contributed by atoms with van der Waals surface area (Å²) in [4.78, 5) is 33.1. The van der Waals surface area contributed by atoms with E-state index in [-0.39, 0.29) is 17.6 Å². The number of amides is 2. The number of pyridine rings is 1. The molecular formula is C14H20N4O3. The Balaban J connectivity index is 1.89. The maximum absolute atomic E-state index is 12.3. The highest BCUT2D eigenvalue weighted by Crippen LogP contribution is 2.12. The summed E-state index contributed by atoms with van der Waals surface area (Å²) in [6, 6.07) is 1.41. The van der Waals surface area contributed by atoms with Gasteiger partial charge in [0.25, 0.3) is 5.91 Å². The molecular weight excluding hydrogens is 272 g/mol. The third kappa shape index (κ3) is 3.91. The van der Waals surface area contributed by atoms with Gasteiger partial charge in [-0.05, 0) is 6.07 Å². The standard InChI is InChI=1S/C14H20N4O3/c1-16(2)13(20)10-17-3-5-18(6-4-17)14(21)11-7-12(19)9-15-8-11/h7-9,19H,3-6,10H2,1-2H3. The van der Waals surface area contributed by atoms with E-state index in [1.807, 2.05) is 4.90 Å². The average Bonchev–Trinajstić information content (AvgIpc) is 2.47. The van der Waals surface area contributed by atoms with Crippen molar-refractivity contribution in [2.24, 2.45) is 0 Å². The summed E-state index contributed by atoms with van der Waals surface area (Å²) in [7, 11) is 3.47. The largest absolute Gasteiger partial charge is 0.506 e. The van der Waals surface area contributed by atoms with Crippen LogP contribution in [-0.2, 0) is 4.79 Å². The molecule has 0 radical (unpaired) electrons. The first-order chi connectivity index (χ1) is 9.97. The second kappa shape index (κ2) is 6.53. The highest BCUT2D eigenvalue weighted by Gasteiger charge is 2.23. The molecule has 1 N–H and O–H groups in total. The van der Waals surface area contributed by atoms with Gasteiger partial charge in [-0.2, -0.15) is 0 Å². The van der Waals surface area contributed by atoms with Gasteiger partial charge < -0.3 is 14.9 Å². The number of nitrogens with zero attached hydrogens (tertiary/aromatic N) is 4. The zero-order valence-corrected chi connectivity index (χ0v) is 12.3. The zero-order valence-electron chi connectivity index (χ0n) is 12.3. The van der Waals surface area contributed by atoms with E-state index < -0.39 is 0 Å². The molecule has 0 aromatic carbocycles. The Morgan fingerprint density at radius 3 is 2.48 bits per heavy atom. The van der Waals surface area contributed by atoms with Gasteiger partial charge in [0.15, 0.2) is 0 Å². The van der Waals surface area contributed by atoms with Gasteiger partial charge in [0.05, 0.1) is 18.3 Å². The summed E-state index contributed by atoms with van der Waals surface area (Å²) in [6.45, 7) is 2.84. The van der Waals surface area contributed by atoms with E-state index in [1.165, 1.54) is 18.5 Å². The predicted molar refractivity (Wildman–Crippen MR) is 76.9 cm³/mol. The van der Waals surface area contributed by atoms with Crippen LogP contribution in [0.2, 0.25) is 0 Å². The van der Waals surface area contributed by atoms with Gasteiger partial charge in [0.2, 0.25) is 5.91 Å². The molecule has 7 heteroatoms. The summed E-state index contributed by atoms with van der Waals surface area (Å²) in [5.41, 5.74) is 0.382. The van der Waals surface area contributed by atoms with Crippen LogP contribution in [0.1, 0.15) is 10.4 Å². The monoisotopic (exact) mass is 292 g/mol. The fourth-order valence-corrected chi connectivity index (χ4v) is 2.17. The van der Waals surface area contributed by atoms with Gasteiger partial charge in [-0.25, -0.2) is 0 Å². The van der Waals surface area contributed by atoms with Crippen LogP contribution in [0, 0.1) is 0 Å². The smallest absolute Gasteiger partial charge is 0.255 e. The molecule has 0 bridgehead atoms. The summed E-state index contributed by atoms with van der Waals surface area (Å²) in [6.07, 6.45) is 2.74. The van der Waals surface area contributed by atoms with Crippen molar-refractivity contribution in [3.05, 3.63) is 24.0 Å². The number of hydrogen-bond donors (Lipinski definition) is 1. The minimum Gasteiger partial charge on any atom is -0.506 e. The first kappa shape index (κ1) is 15.2. The van der Waals surface area contributed by atoms with Gasteiger partial charge in [-0.3, -0.25) is 19.5 Å². The molecule has 1 aromatic rings. The minimum atomic E-state index is -0.142. The van der Waals surface area contributed by atoms with E-state index >= 15 is 0 Å². The molecule has 0 unspecified atom stereocenters. The van der Waals surface area contributed by atoms with Crippen LogP contribution < -0.4 is 0 Å². The molecule has 0 saturated carbocycles. The number of aromatic hydroxyl groups is 1. The van der Waals surface area contributed by atoms with Gasteiger partial charge in [-0.1, -0.05) is 0 Å². The van der Waals surface area contributed by atoms with Gasteiger partial charge >= 0.3 is 0 Å². The molecule has 2 heterocycles. The average molecular weight is 292 g/mol. The molecule has 1 aliphatic heterocycles. The SMILES string of the molecule is CN(C)C(=O)CN1CCN(C(=O)c2cncc(O)c2)CC1. The number of carbonyl (C=O) groups excluding carboxylic acids is 2. The molecule has 114 valence electrons. The Morgan fingerprint density at radius 2 is 1.90 bits per heavy atom. The predicted octanol–water partition coefficient (Wildman–Crippen LogP) is -0.367. The van der Waals surface area contributed by atoms with Crippen LogP contribution in [0.3, 0.4) is 0 Å². The van der Waals surface area contributed by atoms with E-state index in [0.29, 0.717) is 38.3 Å². The van der Waals surface area contributed by atoms with Crippen molar-refractivity contribution >= 4 is 11.8 Å². The Labute approximate surface area is 123 Å². The second-order valence-corrected chi connectivity index (χ2v) is 5.29. The molecule has 1 fully saturated rings. The Morgan fingerprint density at radius 1 is 1.24 bits per heavy atom. The number of piperazine rings is 1. The van der Waals surface area contributed by atoms with E-state index in [9.17, 15) is 14.7 Å². The molecule has 2 amide bonds. The summed E-state index contributed by atoms with van der Waals surface area (Å²) in [5, 5.41) is 9.37. The van der Waals surface area contributed by atoms with Crippen molar-refractivity contribution < 1.29 is 14.7 Å². The van der Waals surface area contributed by atoms with Crippen LogP contribution in [0.15, 0.2) is 18.5 Å². The van der Waals surface area contributed by atoms with Crippen LogP contribution >= 0.6 is 0 Å². The molecule has 2 rings (SSSR count). The van der Waals surface area contributed by atoms with Crippen LogP contribution in [-0.4, -0.2) is 83.4 Å². The molecule has 0 atom stereocenters. The van der Waals surface area contributed by atoms with E-state index in [1.54, 1.807) is 23.9 Å². The Kier molecular flexibility index (Phi) is 4.74. The normalized spacial score (nSPS) is 15.8. The number of carbonyl (C=O) groups is 2. The fraction of sp³-hybridized carbons (Fsp3) is 0.500. The van der Waals surface area contributed by atoms with Crippen molar-refractivity contribution in [1.82, 2.24) is 19.7 Å². The highest BCUT2D eigenvalue weighted by molar-refractivity contribution is 5.94. The fourth-order valence-electron chi connectivity index (χ4n) is 2.17. The third-order valence-electron chi connectivity index (χ3n) is 3.49. The van der Waals surface area contributed by atoms with Crippen molar-refractivity contribution in [2.45, 2.75) is 0 Å². The first-order valence-electron chi connectivity index (χ1n) is 6.83. The topological polar surface area (TPSA) is 77.0 Å². The zero-order chi connectivity index (χ0) is 15.4. The highest BCUT2D eigenvalue weighted by atomic mass is 16.3. The second-order valence-electron chi connectivity index (χ2n) is 5.29. The molecule has 21 heavy (non-hydrogen) atoms. The van der Waals surface area contributed by atoms with Crippen molar-refractivity contribution in [3.63, 3.8) is 0 Å². The lowest BCUT2D eigenvalue weighted by Gasteiger charge is -2.34. The first-order valence-corrected chi connectivity index (χ1v) is 6.83. The molecule has 0 spiro atoms. The van der Waals surface area contributed by atoms with Crippen molar-refractivity contribution in [2.75, 3.05) is 46.8 Å². The number of hydrogen-bond acceptors (Lipinski definition) is 5. The number of likely N-dealkylation sites (N-methyl/N-ethyl adjacent to an activating group) is 1. The van der Waals surface area contributed by atoms with E-state index in [0.717, 1.165) is 0 Å². The quantitative estimate of drug-likeness (QED) is 0.823. The Bertz CT molecular complexity index is 525. The molecule has 1 aliphatic rings. The van der Waals surface area contributed by atoms with Gasteiger partial charge in [0, 0.05) is 46.5 Å².